The molecule has 3 rings (SSSR count). The molecule has 0 spiro atoms. The lowest BCUT2D eigenvalue weighted by molar-refractivity contribution is 0.0934. The Hall–Kier alpha value is -3.04. The lowest BCUT2D eigenvalue weighted by Crippen LogP contribution is -2.27. The Kier molecular flexibility index (Phi) is 5.81. The number of aromatic nitrogens is 2. The van der Waals surface area contributed by atoms with E-state index in [0.717, 1.165) is 9.87 Å². The third kappa shape index (κ3) is 4.36. The molecule has 0 saturated carbocycles. The van der Waals surface area contributed by atoms with Crippen LogP contribution in [0.1, 0.15) is 29.0 Å². The molecule has 0 fully saturated rings. The Labute approximate surface area is 168 Å². The first-order valence-corrected chi connectivity index (χ1v) is 10.3. The molecule has 1 N–H and O–H groups in total. The van der Waals surface area contributed by atoms with Crippen molar-refractivity contribution in [3.05, 3.63) is 77.9 Å². The van der Waals surface area contributed by atoms with E-state index in [2.05, 4.69) is 10.4 Å². The average molecular weight is 416 g/mol. The van der Waals surface area contributed by atoms with Gasteiger partial charge in [-0.1, -0.05) is 24.3 Å². The summed E-state index contributed by atoms with van der Waals surface area (Å²) in [4.78, 5) is 12.7. The number of halogens is 1. The number of hydrogen-bond donors (Lipinski definition) is 1. The number of rotatable bonds is 6. The molecule has 2 aromatic carbocycles. The number of amides is 1. The van der Waals surface area contributed by atoms with Gasteiger partial charge < -0.3 is 5.32 Å². The number of nitrogens with zero attached hydrogens (tertiary/aromatic N) is 3. The molecule has 1 atom stereocenters. The van der Waals surface area contributed by atoms with Gasteiger partial charge in [0.15, 0.2) is 5.69 Å². The highest BCUT2D eigenvalue weighted by molar-refractivity contribution is 7.89. The van der Waals surface area contributed by atoms with Crippen LogP contribution in [-0.4, -0.2) is 42.5 Å². The smallest absolute Gasteiger partial charge is 0.272 e. The number of carbonyl (C=O) groups excluding carboxylic acids is 1. The maximum atomic E-state index is 13.9. The average Bonchev–Trinajstić information content (AvgIpc) is 3.18. The third-order valence-corrected chi connectivity index (χ3v) is 6.26. The molecule has 152 valence electrons. The fourth-order valence-corrected chi connectivity index (χ4v) is 3.61. The summed E-state index contributed by atoms with van der Waals surface area (Å²) < 4.78 is 40.6. The Morgan fingerprint density at radius 2 is 1.76 bits per heavy atom. The van der Waals surface area contributed by atoms with Crippen LogP contribution in [0.15, 0.2) is 65.7 Å². The molecule has 0 saturated heterocycles. The van der Waals surface area contributed by atoms with Gasteiger partial charge >= 0.3 is 0 Å². The summed E-state index contributed by atoms with van der Waals surface area (Å²) in [6.45, 7) is 1.78. The first-order valence-electron chi connectivity index (χ1n) is 8.84. The van der Waals surface area contributed by atoms with Gasteiger partial charge in [-0.25, -0.2) is 21.8 Å². The molecule has 1 amide bonds. The van der Waals surface area contributed by atoms with Crippen molar-refractivity contribution in [3.63, 3.8) is 0 Å². The number of hydrogen-bond acceptors (Lipinski definition) is 4. The van der Waals surface area contributed by atoms with Gasteiger partial charge in [0, 0.05) is 20.3 Å². The van der Waals surface area contributed by atoms with Crippen LogP contribution in [0, 0.1) is 5.82 Å². The molecule has 9 heteroatoms. The van der Waals surface area contributed by atoms with Crippen molar-refractivity contribution in [2.75, 3.05) is 14.1 Å². The number of carbonyl (C=O) groups is 1. The summed E-state index contributed by atoms with van der Waals surface area (Å²) in [6.07, 6.45) is 1.51. The van der Waals surface area contributed by atoms with Gasteiger partial charge in [-0.05, 0) is 42.8 Å². The highest BCUT2D eigenvalue weighted by atomic mass is 32.2. The standard InChI is InChI=1S/C20H21FN4O3S/c1-14(15-8-10-16(11-9-15)29(27,28)24(2)3)22-20(26)18-12-13-25(23-18)19-7-5-4-6-17(19)21/h4-14H,1-3H3,(H,22,26). The van der Waals surface area contributed by atoms with Crippen LogP contribution in [0.4, 0.5) is 4.39 Å². The first kappa shape index (κ1) is 20.7. The van der Waals surface area contributed by atoms with Gasteiger partial charge in [0.05, 0.1) is 10.9 Å². The van der Waals surface area contributed by atoms with Crippen molar-refractivity contribution in [1.82, 2.24) is 19.4 Å². The number of sulfonamides is 1. The normalized spacial score (nSPS) is 12.7. The molecule has 0 bridgehead atoms. The van der Waals surface area contributed by atoms with Gasteiger partial charge in [0.1, 0.15) is 11.5 Å². The Bertz CT molecular complexity index is 1120. The van der Waals surface area contributed by atoms with Crippen LogP contribution in [0.2, 0.25) is 0 Å². The molecule has 0 aliphatic carbocycles. The van der Waals surface area contributed by atoms with Crippen LogP contribution in [0.25, 0.3) is 5.69 Å². The predicted molar refractivity (Wildman–Crippen MR) is 107 cm³/mol. The second kappa shape index (κ2) is 8.14. The lowest BCUT2D eigenvalue weighted by atomic mass is 10.1. The summed E-state index contributed by atoms with van der Waals surface area (Å²) in [7, 11) is -0.580. The van der Waals surface area contributed by atoms with Crippen molar-refractivity contribution in [3.8, 4) is 5.69 Å². The summed E-state index contributed by atoms with van der Waals surface area (Å²) in [5.74, 6) is -0.860. The second-order valence-corrected chi connectivity index (χ2v) is 8.80. The van der Waals surface area contributed by atoms with Crippen LogP contribution in [0.5, 0.6) is 0 Å². The van der Waals surface area contributed by atoms with Crippen molar-refractivity contribution in [2.45, 2.75) is 17.9 Å². The van der Waals surface area contributed by atoms with Gasteiger partial charge in [-0.15, -0.1) is 0 Å². The fraction of sp³-hybridized carbons (Fsp3) is 0.200. The molecule has 0 aliphatic heterocycles. The van der Waals surface area contributed by atoms with Crippen molar-refractivity contribution < 1.29 is 17.6 Å². The monoisotopic (exact) mass is 416 g/mol. The van der Waals surface area contributed by atoms with E-state index in [-0.39, 0.29) is 22.3 Å². The van der Waals surface area contributed by atoms with Gasteiger partial charge in [0.2, 0.25) is 10.0 Å². The highest BCUT2D eigenvalue weighted by Crippen LogP contribution is 2.19. The molecule has 1 aromatic heterocycles. The number of nitrogens with one attached hydrogen (secondary N) is 1. The zero-order chi connectivity index (χ0) is 21.2. The van der Waals surface area contributed by atoms with E-state index in [1.165, 1.54) is 49.2 Å². The molecule has 1 unspecified atom stereocenters. The molecule has 3 aromatic rings. The topological polar surface area (TPSA) is 84.3 Å². The van der Waals surface area contributed by atoms with Crippen LogP contribution >= 0.6 is 0 Å². The summed E-state index contributed by atoms with van der Waals surface area (Å²) in [5, 5.41) is 6.94. The SMILES string of the molecule is CC(NC(=O)c1ccn(-c2ccccc2F)n1)c1ccc(S(=O)(=O)N(C)C)cc1. The molecule has 0 aliphatic rings. The van der Waals surface area contributed by atoms with E-state index in [1.54, 1.807) is 37.3 Å². The largest absolute Gasteiger partial charge is 0.344 e. The zero-order valence-electron chi connectivity index (χ0n) is 16.2. The highest BCUT2D eigenvalue weighted by Gasteiger charge is 2.19. The molecule has 29 heavy (non-hydrogen) atoms. The molecular weight excluding hydrogens is 395 g/mol. The zero-order valence-corrected chi connectivity index (χ0v) is 17.0. The fourth-order valence-electron chi connectivity index (χ4n) is 2.71. The second-order valence-electron chi connectivity index (χ2n) is 6.65. The van der Waals surface area contributed by atoms with E-state index >= 15 is 0 Å². The van der Waals surface area contributed by atoms with Crippen molar-refractivity contribution in [2.24, 2.45) is 0 Å². The first-order chi connectivity index (χ1) is 13.7. The van der Waals surface area contributed by atoms with Crippen LogP contribution in [-0.2, 0) is 10.0 Å². The van der Waals surface area contributed by atoms with E-state index in [0.29, 0.717) is 0 Å². The minimum atomic E-state index is -3.51. The predicted octanol–water partition coefficient (Wildman–Crippen LogP) is 2.75. The minimum absolute atomic E-state index is 0.145. The van der Waals surface area contributed by atoms with Crippen molar-refractivity contribution in [1.29, 1.82) is 0 Å². The van der Waals surface area contributed by atoms with Crippen LogP contribution in [0.3, 0.4) is 0 Å². The van der Waals surface area contributed by atoms with E-state index in [9.17, 15) is 17.6 Å². The Balaban J connectivity index is 1.72. The van der Waals surface area contributed by atoms with E-state index in [4.69, 9.17) is 0 Å². The molecular formula is C20H21FN4O3S. The van der Waals surface area contributed by atoms with Crippen molar-refractivity contribution >= 4 is 15.9 Å². The van der Waals surface area contributed by atoms with Gasteiger partial charge in [-0.3, -0.25) is 4.79 Å². The maximum absolute atomic E-state index is 13.9. The summed E-state index contributed by atoms with van der Waals surface area (Å²) >= 11 is 0. The molecule has 7 nitrogen and oxygen atoms in total. The Morgan fingerprint density at radius 1 is 1.10 bits per heavy atom. The van der Waals surface area contributed by atoms with E-state index in [1.807, 2.05) is 0 Å². The Morgan fingerprint density at radius 3 is 2.38 bits per heavy atom. The summed E-state index contributed by atoms with van der Waals surface area (Å²) in [6, 6.07) is 13.6. The van der Waals surface area contributed by atoms with Crippen LogP contribution < -0.4 is 5.32 Å². The number of para-hydroxylation sites is 1. The molecule has 1 heterocycles. The number of benzene rings is 2. The quantitative estimate of drug-likeness (QED) is 0.670. The van der Waals surface area contributed by atoms with Gasteiger partial charge in [0.25, 0.3) is 5.91 Å². The van der Waals surface area contributed by atoms with E-state index < -0.39 is 21.7 Å². The third-order valence-electron chi connectivity index (χ3n) is 4.43. The molecule has 0 radical (unpaired) electrons. The van der Waals surface area contributed by atoms with Gasteiger partial charge in [-0.2, -0.15) is 5.10 Å². The summed E-state index contributed by atoms with van der Waals surface area (Å²) in [5.41, 5.74) is 1.13. The minimum Gasteiger partial charge on any atom is -0.344 e. The lowest BCUT2D eigenvalue weighted by Gasteiger charge is -2.15. The maximum Gasteiger partial charge on any atom is 0.272 e.